The van der Waals surface area contributed by atoms with E-state index in [-0.39, 0.29) is 12.5 Å². The van der Waals surface area contributed by atoms with Gasteiger partial charge in [-0.3, -0.25) is 4.79 Å². The fourth-order valence-electron chi connectivity index (χ4n) is 3.20. The maximum atomic E-state index is 12.8. The minimum absolute atomic E-state index is 0.0292. The Morgan fingerprint density at radius 1 is 1.08 bits per heavy atom. The third kappa shape index (κ3) is 3.09. The van der Waals surface area contributed by atoms with Crippen LogP contribution >= 0.6 is 0 Å². The Balaban J connectivity index is 1.82. The van der Waals surface area contributed by atoms with Crippen LogP contribution in [0.4, 0.5) is 5.69 Å². The lowest BCUT2D eigenvalue weighted by Crippen LogP contribution is -2.39. The van der Waals surface area contributed by atoms with Crippen LogP contribution in [0.3, 0.4) is 0 Å². The highest BCUT2D eigenvalue weighted by Crippen LogP contribution is 2.38. The molecule has 4 heteroatoms. The molecule has 3 rings (SSSR count). The molecule has 126 valence electrons. The quantitative estimate of drug-likeness (QED) is 0.861. The Kier molecular flexibility index (Phi) is 4.74. The van der Waals surface area contributed by atoms with E-state index in [1.807, 2.05) is 42.2 Å². The maximum Gasteiger partial charge on any atom is 0.265 e. The molecule has 0 aliphatic carbocycles. The molecule has 1 aliphatic heterocycles. The Labute approximate surface area is 143 Å². The lowest BCUT2D eigenvalue weighted by molar-refractivity contribution is -0.120. The van der Waals surface area contributed by atoms with Crippen molar-refractivity contribution in [2.75, 3.05) is 25.2 Å². The molecule has 0 radical (unpaired) electrons. The molecule has 0 unspecified atom stereocenters. The third-order valence-corrected chi connectivity index (χ3v) is 4.52. The van der Waals surface area contributed by atoms with Crippen molar-refractivity contribution in [1.82, 2.24) is 0 Å². The van der Waals surface area contributed by atoms with E-state index in [0.717, 1.165) is 35.6 Å². The number of rotatable bonds is 4. The van der Waals surface area contributed by atoms with Crippen molar-refractivity contribution in [3.8, 4) is 11.5 Å². The zero-order chi connectivity index (χ0) is 17.1. The standard InChI is InChI=1S/C20H23NO3/c1-14-10-11-18(23-3)20-16(14)8-6-12-21(20)19(22)13-24-17-9-5-4-7-15(17)2/h4-5,7,9-11H,6,8,12-13H2,1-3H3. The lowest BCUT2D eigenvalue weighted by atomic mass is 9.96. The average molecular weight is 325 g/mol. The summed E-state index contributed by atoms with van der Waals surface area (Å²) in [6.45, 7) is 4.78. The zero-order valence-electron chi connectivity index (χ0n) is 14.5. The Morgan fingerprint density at radius 2 is 1.88 bits per heavy atom. The minimum atomic E-state index is -0.0388. The van der Waals surface area contributed by atoms with Gasteiger partial charge in [0.05, 0.1) is 12.8 Å². The van der Waals surface area contributed by atoms with E-state index in [0.29, 0.717) is 6.54 Å². The molecule has 0 bridgehead atoms. The summed E-state index contributed by atoms with van der Waals surface area (Å²) in [5, 5.41) is 0. The Morgan fingerprint density at radius 3 is 2.62 bits per heavy atom. The summed E-state index contributed by atoms with van der Waals surface area (Å²) in [4.78, 5) is 14.6. The number of hydrogen-bond acceptors (Lipinski definition) is 3. The molecule has 0 aromatic heterocycles. The first kappa shape index (κ1) is 16.4. The predicted molar refractivity (Wildman–Crippen MR) is 95.1 cm³/mol. The molecule has 2 aromatic carbocycles. The van der Waals surface area contributed by atoms with Crippen LogP contribution in [0.1, 0.15) is 23.1 Å². The molecule has 0 spiro atoms. The van der Waals surface area contributed by atoms with Gasteiger partial charge in [-0.2, -0.15) is 0 Å². The Hall–Kier alpha value is -2.49. The van der Waals surface area contributed by atoms with Crippen molar-refractivity contribution in [1.29, 1.82) is 0 Å². The van der Waals surface area contributed by atoms with Gasteiger partial charge in [0.25, 0.3) is 5.91 Å². The van der Waals surface area contributed by atoms with Crippen molar-refractivity contribution in [2.24, 2.45) is 0 Å². The lowest BCUT2D eigenvalue weighted by Gasteiger charge is -2.32. The zero-order valence-corrected chi connectivity index (χ0v) is 14.5. The number of carbonyl (C=O) groups excluding carboxylic acids is 1. The van der Waals surface area contributed by atoms with Gasteiger partial charge in [-0.1, -0.05) is 24.3 Å². The molecule has 1 amide bonds. The fourth-order valence-corrected chi connectivity index (χ4v) is 3.20. The number of para-hydroxylation sites is 1. The van der Waals surface area contributed by atoms with Crippen LogP contribution in [0.15, 0.2) is 36.4 Å². The molecule has 1 aliphatic rings. The van der Waals surface area contributed by atoms with Crippen molar-refractivity contribution < 1.29 is 14.3 Å². The van der Waals surface area contributed by atoms with Crippen LogP contribution in [0.2, 0.25) is 0 Å². The normalized spacial score (nSPS) is 13.4. The number of hydrogen-bond donors (Lipinski definition) is 0. The number of aryl methyl sites for hydroxylation is 2. The van der Waals surface area contributed by atoms with E-state index in [9.17, 15) is 4.79 Å². The number of ether oxygens (including phenoxy) is 2. The first-order valence-electron chi connectivity index (χ1n) is 8.27. The van der Waals surface area contributed by atoms with Crippen LogP contribution in [-0.2, 0) is 11.2 Å². The van der Waals surface area contributed by atoms with Crippen LogP contribution in [0.25, 0.3) is 0 Å². The number of fused-ring (bicyclic) bond motifs is 1. The van der Waals surface area contributed by atoms with Crippen LogP contribution in [0.5, 0.6) is 11.5 Å². The second-order valence-corrected chi connectivity index (χ2v) is 6.11. The number of methoxy groups -OCH3 is 1. The van der Waals surface area contributed by atoms with Crippen molar-refractivity contribution in [3.63, 3.8) is 0 Å². The summed E-state index contributed by atoms with van der Waals surface area (Å²) >= 11 is 0. The fraction of sp³-hybridized carbons (Fsp3) is 0.350. The highest BCUT2D eigenvalue weighted by atomic mass is 16.5. The monoisotopic (exact) mass is 325 g/mol. The molecule has 24 heavy (non-hydrogen) atoms. The van der Waals surface area contributed by atoms with E-state index < -0.39 is 0 Å². The predicted octanol–water partition coefficient (Wildman–Crippen LogP) is 3.67. The average Bonchev–Trinajstić information content (AvgIpc) is 2.61. The van der Waals surface area contributed by atoms with E-state index in [1.54, 1.807) is 7.11 Å². The second kappa shape index (κ2) is 6.95. The molecular weight excluding hydrogens is 302 g/mol. The summed E-state index contributed by atoms with van der Waals surface area (Å²) in [6.07, 6.45) is 1.93. The van der Waals surface area contributed by atoms with Gasteiger partial charge in [0.15, 0.2) is 6.61 Å². The third-order valence-electron chi connectivity index (χ3n) is 4.52. The molecule has 0 atom stereocenters. The van der Waals surface area contributed by atoms with Crippen molar-refractivity contribution in [3.05, 3.63) is 53.1 Å². The molecule has 0 N–H and O–H groups in total. The number of benzene rings is 2. The van der Waals surface area contributed by atoms with Gasteiger partial charge in [0.2, 0.25) is 0 Å². The highest BCUT2D eigenvalue weighted by Gasteiger charge is 2.27. The van der Waals surface area contributed by atoms with E-state index in [1.165, 1.54) is 11.1 Å². The van der Waals surface area contributed by atoms with Gasteiger partial charge < -0.3 is 14.4 Å². The second-order valence-electron chi connectivity index (χ2n) is 6.11. The number of carbonyl (C=O) groups is 1. The van der Waals surface area contributed by atoms with Gasteiger partial charge in [0, 0.05) is 6.54 Å². The van der Waals surface area contributed by atoms with Crippen molar-refractivity contribution >= 4 is 11.6 Å². The van der Waals surface area contributed by atoms with E-state index in [4.69, 9.17) is 9.47 Å². The van der Waals surface area contributed by atoms with E-state index >= 15 is 0 Å². The summed E-state index contributed by atoms with van der Waals surface area (Å²) < 4.78 is 11.2. The summed E-state index contributed by atoms with van der Waals surface area (Å²) in [7, 11) is 1.64. The number of anilines is 1. The van der Waals surface area contributed by atoms with Gasteiger partial charge in [-0.15, -0.1) is 0 Å². The first-order valence-corrected chi connectivity index (χ1v) is 8.27. The van der Waals surface area contributed by atoms with Gasteiger partial charge in [0.1, 0.15) is 11.5 Å². The first-order chi connectivity index (χ1) is 11.6. The van der Waals surface area contributed by atoms with Gasteiger partial charge in [-0.05, 0) is 55.5 Å². The largest absolute Gasteiger partial charge is 0.495 e. The Bertz CT molecular complexity index is 755. The van der Waals surface area contributed by atoms with Crippen LogP contribution in [-0.4, -0.2) is 26.2 Å². The number of amides is 1. The molecule has 0 saturated heterocycles. The number of nitrogens with zero attached hydrogens (tertiary/aromatic N) is 1. The molecule has 2 aromatic rings. The van der Waals surface area contributed by atoms with Crippen LogP contribution < -0.4 is 14.4 Å². The van der Waals surface area contributed by atoms with Gasteiger partial charge >= 0.3 is 0 Å². The molecule has 0 fully saturated rings. The van der Waals surface area contributed by atoms with Crippen molar-refractivity contribution in [2.45, 2.75) is 26.7 Å². The minimum Gasteiger partial charge on any atom is -0.495 e. The SMILES string of the molecule is COc1ccc(C)c2c1N(C(=O)COc1ccccc1C)CCC2. The summed E-state index contributed by atoms with van der Waals surface area (Å²) in [5.41, 5.74) is 4.33. The maximum absolute atomic E-state index is 12.8. The molecule has 4 nitrogen and oxygen atoms in total. The molecular formula is C20H23NO3. The van der Waals surface area contributed by atoms with Gasteiger partial charge in [-0.25, -0.2) is 0 Å². The van der Waals surface area contributed by atoms with E-state index in [2.05, 4.69) is 13.0 Å². The van der Waals surface area contributed by atoms with Crippen LogP contribution in [0, 0.1) is 13.8 Å². The topological polar surface area (TPSA) is 38.8 Å². The summed E-state index contributed by atoms with van der Waals surface area (Å²) in [5.74, 6) is 1.46. The smallest absolute Gasteiger partial charge is 0.265 e. The molecule has 1 heterocycles. The summed E-state index contributed by atoms with van der Waals surface area (Å²) in [6, 6.07) is 11.7. The molecule has 0 saturated carbocycles. The highest BCUT2D eigenvalue weighted by molar-refractivity contribution is 5.97.